The molecule has 0 heteroatoms. The van der Waals surface area contributed by atoms with Crippen LogP contribution in [0, 0.1) is 17.8 Å². The molecule has 1 unspecified atom stereocenters. The predicted molar refractivity (Wildman–Crippen MR) is 57.7 cm³/mol. The summed E-state index contributed by atoms with van der Waals surface area (Å²) in [5.74, 6) is 3.42. The van der Waals surface area contributed by atoms with Crippen LogP contribution >= 0.6 is 0 Å². The zero-order valence-electron chi connectivity index (χ0n) is 9.10. The van der Waals surface area contributed by atoms with Crippen molar-refractivity contribution in [3.05, 3.63) is 0 Å². The van der Waals surface area contributed by atoms with Crippen molar-refractivity contribution >= 4 is 0 Å². The van der Waals surface area contributed by atoms with Gasteiger partial charge in [-0.1, -0.05) is 51.9 Å². The van der Waals surface area contributed by atoms with E-state index in [1.807, 2.05) is 0 Å². The van der Waals surface area contributed by atoms with Crippen LogP contribution in [0.1, 0.15) is 64.7 Å². The van der Waals surface area contributed by atoms with Gasteiger partial charge in [-0.3, -0.25) is 0 Å². The summed E-state index contributed by atoms with van der Waals surface area (Å²) in [7, 11) is 0. The van der Waals surface area contributed by atoms with E-state index in [9.17, 15) is 0 Å². The monoisotopic (exact) mass is 180 g/mol. The van der Waals surface area contributed by atoms with Crippen molar-refractivity contribution in [1.82, 2.24) is 0 Å². The Bertz CT molecular complexity index is 142. The van der Waals surface area contributed by atoms with Crippen LogP contribution in [0.4, 0.5) is 0 Å². The third kappa shape index (κ3) is 3.32. The van der Waals surface area contributed by atoms with Gasteiger partial charge in [-0.15, -0.1) is 0 Å². The maximum atomic E-state index is 2.34. The molecule has 1 atom stereocenters. The van der Waals surface area contributed by atoms with Crippen LogP contribution < -0.4 is 0 Å². The van der Waals surface area contributed by atoms with Crippen molar-refractivity contribution in [2.45, 2.75) is 64.7 Å². The second kappa shape index (κ2) is 4.48. The van der Waals surface area contributed by atoms with Gasteiger partial charge in [0.05, 0.1) is 0 Å². The number of hydrogen-bond acceptors (Lipinski definition) is 0. The Morgan fingerprint density at radius 2 is 1.85 bits per heavy atom. The van der Waals surface area contributed by atoms with Gasteiger partial charge in [-0.2, -0.15) is 0 Å². The molecule has 0 spiro atoms. The molecule has 76 valence electrons. The molecule has 13 heavy (non-hydrogen) atoms. The summed E-state index contributed by atoms with van der Waals surface area (Å²) in [6.07, 6.45) is 13.7. The van der Waals surface area contributed by atoms with Crippen LogP contribution in [0.3, 0.4) is 0 Å². The second-order valence-corrected chi connectivity index (χ2v) is 5.26. The Labute approximate surface area is 83.1 Å². The molecular weight excluding hydrogens is 156 g/mol. The lowest BCUT2D eigenvalue weighted by molar-refractivity contribution is 0.375. The fraction of sp³-hybridized carbons (Fsp3) is 1.00. The van der Waals surface area contributed by atoms with Gasteiger partial charge in [0.15, 0.2) is 0 Å². The third-order valence-corrected chi connectivity index (χ3v) is 3.83. The summed E-state index contributed by atoms with van der Waals surface area (Å²) in [6, 6.07) is 0. The molecule has 0 saturated heterocycles. The molecule has 2 rings (SSSR count). The van der Waals surface area contributed by atoms with Crippen LogP contribution in [0.5, 0.6) is 0 Å². The Morgan fingerprint density at radius 3 is 2.38 bits per heavy atom. The van der Waals surface area contributed by atoms with Crippen molar-refractivity contribution in [3.8, 4) is 0 Å². The van der Waals surface area contributed by atoms with Gasteiger partial charge in [-0.05, 0) is 30.6 Å². The van der Waals surface area contributed by atoms with Gasteiger partial charge in [-0.25, -0.2) is 0 Å². The molecule has 0 aromatic rings. The lowest BCUT2D eigenvalue weighted by Crippen LogP contribution is -2.02. The fourth-order valence-electron chi connectivity index (χ4n) is 2.63. The van der Waals surface area contributed by atoms with E-state index >= 15 is 0 Å². The topological polar surface area (TPSA) is 0 Å². The SMILES string of the molecule is CCCC(CCCC1CC1)C1CC1. The van der Waals surface area contributed by atoms with Gasteiger partial charge in [0.25, 0.3) is 0 Å². The third-order valence-electron chi connectivity index (χ3n) is 3.83. The highest BCUT2D eigenvalue weighted by atomic mass is 14.4. The van der Waals surface area contributed by atoms with E-state index in [0.29, 0.717) is 0 Å². The lowest BCUT2D eigenvalue weighted by Gasteiger charge is -2.14. The van der Waals surface area contributed by atoms with E-state index < -0.39 is 0 Å². The Kier molecular flexibility index (Phi) is 3.29. The minimum Gasteiger partial charge on any atom is -0.0654 e. The van der Waals surface area contributed by atoms with E-state index in [-0.39, 0.29) is 0 Å². The quantitative estimate of drug-likeness (QED) is 0.545. The molecule has 0 nitrogen and oxygen atoms in total. The first-order valence-electron chi connectivity index (χ1n) is 6.40. The molecule has 2 saturated carbocycles. The number of hydrogen-bond donors (Lipinski definition) is 0. The Hall–Kier alpha value is 0. The van der Waals surface area contributed by atoms with Gasteiger partial charge in [0.2, 0.25) is 0 Å². The lowest BCUT2D eigenvalue weighted by atomic mass is 9.92. The zero-order valence-corrected chi connectivity index (χ0v) is 9.10. The molecule has 0 aromatic carbocycles. The van der Waals surface area contributed by atoms with Crippen LogP contribution in [0.2, 0.25) is 0 Å². The molecule has 0 aromatic heterocycles. The highest BCUT2D eigenvalue weighted by molar-refractivity contribution is 4.82. The Morgan fingerprint density at radius 1 is 1.08 bits per heavy atom. The smallest absolute Gasteiger partial charge is 0.0386 e. The molecule has 2 aliphatic carbocycles. The van der Waals surface area contributed by atoms with Crippen LogP contribution in [-0.4, -0.2) is 0 Å². The molecule has 0 bridgehead atoms. The molecule has 0 N–H and O–H groups in total. The first-order chi connectivity index (χ1) is 6.40. The normalized spacial score (nSPS) is 24.7. The van der Waals surface area contributed by atoms with Crippen LogP contribution in [-0.2, 0) is 0 Å². The second-order valence-electron chi connectivity index (χ2n) is 5.26. The molecule has 0 amide bonds. The zero-order chi connectivity index (χ0) is 9.10. The van der Waals surface area contributed by atoms with Crippen molar-refractivity contribution in [1.29, 1.82) is 0 Å². The molecule has 2 aliphatic rings. The van der Waals surface area contributed by atoms with Gasteiger partial charge < -0.3 is 0 Å². The molecule has 0 heterocycles. The van der Waals surface area contributed by atoms with Crippen molar-refractivity contribution < 1.29 is 0 Å². The average molecular weight is 180 g/mol. The molecular formula is C13H24. The summed E-state index contributed by atoms with van der Waals surface area (Å²) >= 11 is 0. The first-order valence-corrected chi connectivity index (χ1v) is 6.40. The highest BCUT2D eigenvalue weighted by Crippen LogP contribution is 2.42. The minimum atomic E-state index is 1.11. The maximum Gasteiger partial charge on any atom is -0.0386 e. The average Bonchev–Trinajstić information content (AvgIpc) is 2.98. The van der Waals surface area contributed by atoms with Crippen molar-refractivity contribution in [2.24, 2.45) is 17.8 Å². The van der Waals surface area contributed by atoms with E-state index in [2.05, 4.69) is 6.92 Å². The summed E-state index contributed by atoms with van der Waals surface area (Å²) in [6.45, 7) is 2.34. The Balaban J connectivity index is 1.57. The van der Waals surface area contributed by atoms with E-state index in [1.54, 1.807) is 38.5 Å². The summed E-state index contributed by atoms with van der Waals surface area (Å²) in [5.41, 5.74) is 0. The molecule has 0 aliphatic heterocycles. The van der Waals surface area contributed by atoms with Crippen LogP contribution in [0.15, 0.2) is 0 Å². The number of rotatable bonds is 7. The van der Waals surface area contributed by atoms with Gasteiger partial charge >= 0.3 is 0 Å². The largest absolute Gasteiger partial charge is 0.0654 e. The van der Waals surface area contributed by atoms with E-state index in [4.69, 9.17) is 0 Å². The summed E-state index contributed by atoms with van der Waals surface area (Å²) < 4.78 is 0. The summed E-state index contributed by atoms with van der Waals surface area (Å²) in [4.78, 5) is 0. The maximum absolute atomic E-state index is 2.34. The van der Waals surface area contributed by atoms with Gasteiger partial charge in [0, 0.05) is 0 Å². The fourth-order valence-corrected chi connectivity index (χ4v) is 2.63. The van der Waals surface area contributed by atoms with Gasteiger partial charge in [0.1, 0.15) is 0 Å². The first kappa shape index (κ1) is 9.55. The molecule has 2 fully saturated rings. The summed E-state index contributed by atoms with van der Waals surface area (Å²) in [5, 5.41) is 0. The van der Waals surface area contributed by atoms with E-state index in [0.717, 1.165) is 17.8 Å². The van der Waals surface area contributed by atoms with Crippen molar-refractivity contribution in [3.63, 3.8) is 0 Å². The van der Waals surface area contributed by atoms with E-state index in [1.165, 1.54) is 19.3 Å². The standard InChI is InChI=1S/C13H24/c1-2-4-12(13-9-10-13)6-3-5-11-7-8-11/h11-13H,2-10H2,1H3. The predicted octanol–water partition coefficient (Wildman–Crippen LogP) is 4.39. The minimum absolute atomic E-state index is 1.11. The van der Waals surface area contributed by atoms with Crippen LogP contribution in [0.25, 0.3) is 0 Å². The van der Waals surface area contributed by atoms with Crippen molar-refractivity contribution in [2.75, 3.05) is 0 Å². The highest BCUT2D eigenvalue weighted by Gasteiger charge is 2.30. The molecule has 0 radical (unpaired) electrons.